The number of ether oxygens (including phenoxy) is 3. The minimum atomic E-state index is 0.167. The maximum Gasteiger partial charge on any atom is 0.218 e. The van der Waals surface area contributed by atoms with E-state index in [1.807, 2.05) is 37.3 Å². The molecule has 1 fully saturated rings. The van der Waals surface area contributed by atoms with E-state index in [0.717, 1.165) is 43.2 Å². The molecule has 2 heterocycles. The average molecular weight is 329 g/mol. The summed E-state index contributed by atoms with van der Waals surface area (Å²) < 4.78 is 16.9. The molecule has 1 aromatic carbocycles. The van der Waals surface area contributed by atoms with Crippen molar-refractivity contribution in [3.63, 3.8) is 0 Å². The lowest BCUT2D eigenvalue weighted by Gasteiger charge is -2.22. The zero-order valence-electron chi connectivity index (χ0n) is 13.9. The van der Waals surface area contributed by atoms with Crippen LogP contribution in [0.5, 0.6) is 11.6 Å². The van der Waals surface area contributed by atoms with Crippen molar-refractivity contribution in [1.82, 2.24) is 9.97 Å². The van der Waals surface area contributed by atoms with Crippen LogP contribution < -0.4 is 14.8 Å². The molecule has 1 aliphatic heterocycles. The standard InChI is InChI=1S/C18H23N3O3/c1-2-23-16-6-4-3-5-14(16)12-19-17-11-18(21-13-20-17)24-15-7-9-22-10-8-15/h3-6,11,13,15H,2,7-10,12H2,1H3,(H,19,20,21). The zero-order chi connectivity index (χ0) is 16.6. The van der Waals surface area contributed by atoms with Crippen molar-refractivity contribution >= 4 is 5.82 Å². The fourth-order valence-corrected chi connectivity index (χ4v) is 2.60. The van der Waals surface area contributed by atoms with Gasteiger partial charge in [0, 0.05) is 31.0 Å². The largest absolute Gasteiger partial charge is 0.494 e. The van der Waals surface area contributed by atoms with Crippen LogP contribution in [0.15, 0.2) is 36.7 Å². The number of hydrogen-bond donors (Lipinski definition) is 1. The van der Waals surface area contributed by atoms with Gasteiger partial charge in [-0.25, -0.2) is 9.97 Å². The van der Waals surface area contributed by atoms with Crippen LogP contribution in [0.3, 0.4) is 0 Å². The summed E-state index contributed by atoms with van der Waals surface area (Å²) in [6.07, 6.45) is 3.48. The Kier molecular flexibility index (Phi) is 5.85. The lowest BCUT2D eigenvalue weighted by atomic mass is 10.1. The maximum absolute atomic E-state index is 5.91. The predicted molar refractivity (Wildman–Crippen MR) is 91.4 cm³/mol. The monoisotopic (exact) mass is 329 g/mol. The summed E-state index contributed by atoms with van der Waals surface area (Å²) in [5, 5.41) is 3.30. The Bertz CT molecular complexity index is 645. The minimum absolute atomic E-state index is 0.167. The highest BCUT2D eigenvalue weighted by Crippen LogP contribution is 2.21. The van der Waals surface area contributed by atoms with Gasteiger partial charge in [-0.2, -0.15) is 0 Å². The van der Waals surface area contributed by atoms with Gasteiger partial charge in [-0.3, -0.25) is 0 Å². The molecule has 24 heavy (non-hydrogen) atoms. The van der Waals surface area contributed by atoms with Crippen molar-refractivity contribution in [2.24, 2.45) is 0 Å². The van der Waals surface area contributed by atoms with Gasteiger partial charge in [0.25, 0.3) is 0 Å². The van der Waals surface area contributed by atoms with E-state index in [1.54, 1.807) is 0 Å². The van der Waals surface area contributed by atoms with E-state index in [4.69, 9.17) is 14.2 Å². The molecule has 1 saturated heterocycles. The first-order valence-corrected chi connectivity index (χ1v) is 8.36. The molecule has 0 amide bonds. The third kappa shape index (κ3) is 4.58. The van der Waals surface area contributed by atoms with Gasteiger partial charge in [0.05, 0.1) is 19.8 Å². The molecule has 128 valence electrons. The summed E-state index contributed by atoms with van der Waals surface area (Å²) in [6, 6.07) is 9.82. The summed E-state index contributed by atoms with van der Waals surface area (Å²) >= 11 is 0. The summed E-state index contributed by atoms with van der Waals surface area (Å²) in [5.74, 6) is 2.22. The second-order valence-electron chi connectivity index (χ2n) is 5.57. The van der Waals surface area contributed by atoms with Gasteiger partial charge >= 0.3 is 0 Å². The molecule has 0 radical (unpaired) electrons. The summed E-state index contributed by atoms with van der Waals surface area (Å²) in [7, 11) is 0. The van der Waals surface area contributed by atoms with Crippen LogP contribution >= 0.6 is 0 Å². The third-order valence-corrected chi connectivity index (χ3v) is 3.83. The van der Waals surface area contributed by atoms with E-state index in [0.29, 0.717) is 19.0 Å². The number of aromatic nitrogens is 2. The van der Waals surface area contributed by atoms with Crippen molar-refractivity contribution in [1.29, 1.82) is 0 Å². The maximum atomic E-state index is 5.91. The predicted octanol–water partition coefficient (Wildman–Crippen LogP) is 3.05. The van der Waals surface area contributed by atoms with Gasteiger partial charge in [0.1, 0.15) is 24.0 Å². The molecule has 0 saturated carbocycles. The number of nitrogens with one attached hydrogen (secondary N) is 1. The number of anilines is 1. The van der Waals surface area contributed by atoms with Gasteiger partial charge in [-0.15, -0.1) is 0 Å². The highest BCUT2D eigenvalue weighted by atomic mass is 16.5. The lowest BCUT2D eigenvalue weighted by Crippen LogP contribution is -2.26. The average Bonchev–Trinajstić information content (AvgIpc) is 2.62. The van der Waals surface area contributed by atoms with Crippen LogP contribution in [0.2, 0.25) is 0 Å². The molecule has 1 N–H and O–H groups in total. The van der Waals surface area contributed by atoms with Gasteiger partial charge in [-0.1, -0.05) is 18.2 Å². The number of hydrogen-bond acceptors (Lipinski definition) is 6. The van der Waals surface area contributed by atoms with Crippen LogP contribution in [0.1, 0.15) is 25.3 Å². The molecule has 3 rings (SSSR count). The Labute approximate surface area is 142 Å². The number of para-hydroxylation sites is 1. The van der Waals surface area contributed by atoms with E-state index >= 15 is 0 Å². The number of benzene rings is 1. The van der Waals surface area contributed by atoms with Crippen molar-refractivity contribution in [3.8, 4) is 11.6 Å². The van der Waals surface area contributed by atoms with Gasteiger partial charge in [0.2, 0.25) is 5.88 Å². The van der Waals surface area contributed by atoms with Crippen LogP contribution in [0, 0.1) is 0 Å². The highest BCUT2D eigenvalue weighted by Gasteiger charge is 2.16. The van der Waals surface area contributed by atoms with E-state index in [1.165, 1.54) is 6.33 Å². The first kappa shape index (κ1) is 16.5. The van der Waals surface area contributed by atoms with Crippen LogP contribution in [0.25, 0.3) is 0 Å². The number of nitrogens with zero attached hydrogens (tertiary/aromatic N) is 2. The summed E-state index contributed by atoms with van der Waals surface area (Å²) in [6.45, 7) is 4.75. The first-order valence-electron chi connectivity index (χ1n) is 8.36. The Balaban J connectivity index is 1.60. The van der Waals surface area contributed by atoms with Gasteiger partial charge < -0.3 is 19.5 Å². The quantitative estimate of drug-likeness (QED) is 0.842. The molecule has 6 heteroatoms. The zero-order valence-corrected chi connectivity index (χ0v) is 13.9. The van der Waals surface area contributed by atoms with Crippen molar-refractivity contribution in [2.45, 2.75) is 32.4 Å². The van der Waals surface area contributed by atoms with Crippen LogP contribution in [0.4, 0.5) is 5.82 Å². The molecule has 0 spiro atoms. The Morgan fingerprint density at radius 2 is 2.04 bits per heavy atom. The first-order chi connectivity index (χ1) is 11.8. The molecular formula is C18H23N3O3. The Hall–Kier alpha value is -2.34. The second kappa shape index (κ2) is 8.49. The molecule has 0 aliphatic carbocycles. The van der Waals surface area contributed by atoms with Gasteiger partial charge in [-0.05, 0) is 13.0 Å². The second-order valence-corrected chi connectivity index (χ2v) is 5.57. The van der Waals surface area contributed by atoms with Crippen LogP contribution in [-0.2, 0) is 11.3 Å². The molecule has 2 aromatic rings. The van der Waals surface area contributed by atoms with Gasteiger partial charge in [0.15, 0.2) is 0 Å². The van der Waals surface area contributed by atoms with E-state index in [2.05, 4.69) is 15.3 Å². The number of rotatable bonds is 7. The highest BCUT2D eigenvalue weighted by molar-refractivity contribution is 5.41. The molecule has 6 nitrogen and oxygen atoms in total. The molecule has 0 atom stereocenters. The molecule has 0 unspecified atom stereocenters. The van der Waals surface area contributed by atoms with Crippen LogP contribution in [-0.4, -0.2) is 35.9 Å². The van der Waals surface area contributed by atoms with E-state index < -0.39 is 0 Å². The fraction of sp³-hybridized carbons (Fsp3) is 0.444. The third-order valence-electron chi connectivity index (χ3n) is 3.83. The van der Waals surface area contributed by atoms with E-state index in [9.17, 15) is 0 Å². The molecule has 1 aliphatic rings. The Morgan fingerprint density at radius 3 is 2.88 bits per heavy atom. The van der Waals surface area contributed by atoms with Crippen molar-refractivity contribution in [3.05, 3.63) is 42.2 Å². The topological polar surface area (TPSA) is 65.5 Å². The van der Waals surface area contributed by atoms with Crippen molar-refractivity contribution in [2.75, 3.05) is 25.1 Å². The minimum Gasteiger partial charge on any atom is -0.494 e. The Morgan fingerprint density at radius 1 is 1.21 bits per heavy atom. The lowest BCUT2D eigenvalue weighted by molar-refractivity contribution is 0.0237. The molecule has 1 aromatic heterocycles. The SMILES string of the molecule is CCOc1ccccc1CNc1cc(OC2CCOCC2)ncn1. The molecular weight excluding hydrogens is 306 g/mol. The summed E-state index contributed by atoms with van der Waals surface area (Å²) in [4.78, 5) is 8.45. The fourth-order valence-electron chi connectivity index (χ4n) is 2.60. The molecule has 0 bridgehead atoms. The van der Waals surface area contributed by atoms with Crippen molar-refractivity contribution < 1.29 is 14.2 Å². The van der Waals surface area contributed by atoms with E-state index in [-0.39, 0.29) is 6.10 Å². The normalized spacial score (nSPS) is 15.0. The summed E-state index contributed by atoms with van der Waals surface area (Å²) in [5.41, 5.74) is 1.09. The smallest absolute Gasteiger partial charge is 0.218 e.